The highest BCUT2D eigenvalue weighted by Gasteiger charge is 2.31. The molecule has 0 saturated carbocycles. The third-order valence-electron chi connectivity index (χ3n) is 3.14. The standard InChI is InChI=1S/C14H21N3O3/c1-9-7-16(13(19)20-14(3,4)5)8-12-15-6-11(10(2)18)17(9)12/h6,9H,7-8H2,1-5H3. The van der Waals surface area contributed by atoms with Gasteiger partial charge in [-0.15, -0.1) is 0 Å². The molecule has 0 aromatic carbocycles. The fraction of sp³-hybridized carbons (Fsp3) is 0.643. The molecule has 1 aliphatic heterocycles. The van der Waals surface area contributed by atoms with Crippen molar-refractivity contribution in [2.75, 3.05) is 6.54 Å². The number of carbonyl (C=O) groups excluding carboxylic acids is 2. The van der Waals surface area contributed by atoms with E-state index in [-0.39, 0.29) is 17.9 Å². The van der Waals surface area contributed by atoms with E-state index in [2.05, 4.69) is 4.98 Å². The van der Waals surface area contributed by atoms with Crippen molar-refractivity contribution in [1.82, 2.24) is 14.5 Å². The normalized spacial score (nSPS) is 18.6. The highest BCUT2D eigenvalue weighted by Crippen LogP contribution is 2.24. The van der Waals surface area contributed by atoms with Crippen LogP contribution in [0.2, 0.25) is 0 Å². The van der Waals surface area contributed by atoms with E-state index in [1.165, 1.54) is 6.92 Å². The van der Waals surface area contributed by atoms with Gasteiger partial charge in [-0.1, -0.05) is 0 Å². The largest absolute Gasteiger partial charge is 0.444 e. The quantitative estimate of drug-likeness (QED) is 0.740. The maximum atomic E-state index is 12.1. The summed E-state index contributed by atoms with van der Waals surface area (Å²) < 4.78 is 7.28. The van der Waals surface area contributed by atoms with Crippen LogP contribution in [0.5, 0.6) is 0 Å². The van der Waals surface area contributed by atoms with Crippen molar-refractivity contribution < 1.29 is 14.3 Å². The number of ketones is 1. The average molecular weight is 279 g/mol. The number of fused-ring (bicyclic) bond motifs is 1. The fourth-order valence-electron chi connectivity index (χ4n) is 2.37. The number of hydrogen-bond acceptors (Lipinski definition) is 4. The minimum absolute atomic E-state index is 0.00710. The second-order valence-electron chi connectivity index (χ2n) is 6.20. The lowest BCUT2D eigenvalue weighted by Gasteiger charge is -2.34. The van der Waals surface area contributed by atoms with Gasteiger partial charge in [-0.3, -0.25) is 9.69 Å². The number of Topliss-reactive ketones (excluding diaryl/α,β-unsaturated/α-hetero) is 1. The van der Waals surface area contributed by atoms with Crippen LogP contribution in [0, 0.1) is 0 Å². The van der Waals surface area contributed by atoms with Gasteiger partial charge in [0.05, 0.1) is 18.8 Å². The van der Waals surface area contributed by atoms with Crippen LogP contribution in [-0.4, -0.2) is 38.5 Å². The van der Waals surface area contributed by atoms with Crippen LogP contribution < -0.4 is 0 Å². The van der Waals surface area contributed by atoms with Crippen LogP contribution in [-0.2, 0) is 11.3 Å². The maximum Gasteiger partial charge on any atom is 0.410 e. The number of ether oxygens (including phenoxy) is 1. The SMILES string of the molecule is CC(=O)c1cnc2n1C(C)CN(C(=O)OC(C)(C)C)C2. The number of carbonyl (C=O) groups is 2. The Morgan fingerprint density at radius 2 is 2.05 bits per heavy atom. The second kappa shape index (κ2) is 4.92. The summed E-state index contributed by atoms with van der Waals surface area (Å²) in [4.78, 5) is 29.5. The van der Waals surface area contributed by atoms with E-state index in [1.807, 2.05) is 32.3 Å². The number of imidazole rings is 1. The molecule has 0 saturated heterocycles. The Morgan fingerprint density at radius 1 is 1.40 bits per heavy atom. The maximum absolute atomic E-state index is 12.1. The molecule has 0 aliphatic carbocycles. The molecule has 2 heterocycles. The van der Waals surface area contributed by atoms with E-state index in [0.717, 1.165) is 5.82 Å². The van der Waals surface area contributed by atoms with Gasteiger partial charge in [0.25, 0.3) is 0 Å². The van der Waals surface area contributed by atoms with Gasteiger partial charge in [0.15, 0.2) is 5.78 Å². The summed E-state index contributed by atoms with van der Waals surface area (Å²) in [5.41, 5.74) is 0.0777. The van der Waals surface area contributed by atoms with Crippen LogP contribution in [0.4, 0.5) is 4.79 Å². The number of hydrogen-bond donors (Lipinski definition) is 0. The lowest BCUT2D eigenvalue weighted by Crippen LogP contribution is -2.43. The molecular weight excluding hydrogens is 258 g/mol. The summed E-state index contributed by atoms with van der Waals surface area (Å²) in [7, 11) is 0. The van der Waals surface area contributed by atoms with E-state index < -0.39 is 5.60 Å². The number of nitrogens with zero attached hydrogens (tertiary/aromatic N) is 3. The van der Waals surface area contributed by atoms with E-state index in [0.29, 0.717) is 18.8 Å². The predicted molar refractivity (Wildman–Crippen MR) is 73.6 cm³/mol. The summed E-state index contributed by atoms with van der Waals surface area (Å²) >= 11 is 0. The average Bonchev–Trinajstić information content (AvgIpc) is 2.70. The molecule has 110 valence electrons. The first kappa shape index (κ1) is 14.6. The van der Waals surface area contributed by atoms with Crippen LogP contribution in [0.3, 0.4) is 0 Å². The van der Waals surface area contributed by atoms with E-state index in [9.17, 15) is 9.59 Å². The fourth-order valence-corrected chi connectivity index (χ4v) is 2.37. The molecule has 1 atom stereocenters. The minimum atomic E-state index is -0.516. The van der Waals surface area contributed by atoms with Crippen molar-refractivity contribution >= 4 is 11.9 Å². The zero-order valence-electron chi connectivity index (χ0n) is 12.6. The van der Waals surface area contributed by atoms with Crippen molar-refractivity contribution in [3.05, 3.63) is 17.7 Å². The molecule has 6 heteroatoms. The molecule has 1 aromatic heterocycles. The molecular formula is C14H21N3O3. The van der Waals surface area contributed by atoms with Crippen molar-refractivity contribution in [3.63, 3.8) is 0 Å². The van der Waals surface area contributed by atoms with Crippen LogP contribution >= 0.6 is 0 Å². The van der Waals surface area contributed by atoms with Crippen molar-refractivity contribution in [2.45, 2.75) is 52.8 Å². The van der Waals surface area contributed by atoms with Gasteiger partial charge in [0, 0.05) is 13.5 Å². The first-order chi connectivity index (χ1) is 9.19. The first-order valence-corrected chi connectivity index (χ1v) is 6.74. The Balaban J connectivity index is 2.20. The van der Waals surface area contributed by atoms with E-state index in [4.69, 9.17) is 4.74 Å². The molecule has 0 N–H and O–H groups in total. The molecule has 1 unspecified atom stereocenters. The zero-order valence-corrected chi connectivity index (χ0v) is 12.6. The van der Waals surface area contributed by atoms with Gasteiger partial charge in [-0.2, -0.15) is 0 Å². The van der Waals surface area contributed by atoms with Gasteiger partial charge in [0.2, 0.25) is 0 Å². The molecule has 1 aliphatic rings. The molecule has 0 radical (unpaired) electrons. The number of amides is 1. The van der Waals surface area contributed by atoms with Crippen molar-refractivity contribution in [2.24, 2.45) is 0 Å². The van der Waals surface area contributed by atoms with Gasteiger partial charge in [-0.25, -0.2) is 9.78 Å². The molecule has 2 rings (SSSR count). The Bertz CT molecular complexity index is 542. The molecule has 20 heavy (non-hydrogen) atoms. The van der Waals surface area contributed by atoms with Crippen LogP contribution in [0.25, 0.3) is 0 Å². The summed E-state index contributed by atoms with van der Waals surface area (Å²) in [6.45, 7) is 9.89. The van der Waals surface area contributed by atoms with E-state index >= 15 is 0 Å². The lowest BCUT2D eigenvalue weighted by molar-refractivity contribution is 0.0169. The van der Waals surface area contributed by atoms with Crippen molar-refractivity contribution in [1.29, 1.82) is 0 Å². The molecule has 0 bridgehead atoms. The smallest absolute Gasteiger partial charge is 0.410 e. The summed E-state index contributed by atoms with van der Waals surface area (Å²) in [5, 5.41) is 0. The van der Waals surface area contributed by atoms with Crippen molar-refractivity contribution in [3.8, 4) is 0 Å². The summed E-state index contributed by atoms with van der Waals surface area (Å²) in [5.74, 6) is 0.709. The third kappa shape index (κ3) is 2.84. The Morgan fingerprint density at radius 3 is 2.60 bits per heavy atom. The van der Waals surface area contributed by atoms with Gasteiger partial charge in [0.1, 0.15) is 17.1 Å². The van der Waals surface area contributed by atoms with Crippen LogP contribution in [0.15, 0.2) is 6.20 Å². The number of aromatic nitrogens is 2. The predicted octanol–water partition coefficient (Wildman–Crippen LogP) is 2.40. The monoisotopic (exact) mass is 279 g/mol. The Hall–Kier alpha value is -1.85. The van der Waals surface area contributed by atoms with Gasteiger partial charge in [-0.05, 0) is 27.7 Å². The molecule has 6 nitrogen and oxygen atoms in total. The molecule has 1 amide bonds. The summed E-state index contributed by atoms with van der Waals surface area (Å²) in [6, 6.07) is 0.00710. The Labute approximate surface area is 118 Å². The van der Waals surface area contributed by atoms with Gasteiger partial charge < -0.3 is 9.30 Å². The highest BCUT2D eigenvalue weighted by atomic mass is 16.6. The topological polar surface area (TPSA) is 64.4 Å². The molecule has 0 spiro atoms. The van der Waals surface area contributed by atoms with Gasteiger partial charge >= 0.3 is 6.09 Å². The highest BCUT2D eigenvalue weighted by molar-refractivity contribution is 5.92. The molecule has 1 aromatic rings. The zero-order chi connectivity index (χ0) is 15.1. The summed E-state index contributed by atoms with van der Waals surface area (Å²) in [6.07, 6.45) is 1.23. The molecule has 0 fully saturated rings. The first-order valence-electron chi connectivity index (χ1n) is 6.74. The minimum Gasteiger partial charge on any atom is -0.444 e. The Kier molecular flexibility index (Phi) is 3.58. The lowest BCUT2D eigenvalue weighted by atomic mass is 10.2. The van der Waals surface area contributed by atoms with E-state index in [1.54, 1.807) is 11.1 Å². The number of rotatable bonds is 1. The second-order valence-corrected chi connectivity index (χ2v) is 6.20. The third-order valence-corrected chi connectivity index (χ3v) is 3.14. The van der Waals surface area contributed by atoms with Crippen LogP contribution in [0.1, 0.15) is 57.0 Å².